The zero-order valence-corrected chi connectivity index (χ0v) is 12.2. The van der Waals surface area contributed by atoms with Crippen LogP contribution in [0.2, 0.25) is 0 Å². The summed E-state index contributed by atoms with van der Waals surface area (Å²) in [5.41, 5.74) is 2.41. The van der Waals surface area contributed by atoms with Crippen LogP contribution in [0.1, 0.15) is 11.4 Å². The molecule has 3 rings (SSSR count). The molecule has 21 heavy (non-hydrogen) atoms. The molecule has 0 unspecified atom stereocenters. The minimum absolute atomic E-state index is 0.152. The van der Waals surface area contributed by atoms with E-state index in [0.29, 0.717) is 23.6 Å². The maximum atomic E-state index is 14.2. The number of hydrogen-bond donors (Lipinski definition) is 0. The van der Waals surface area contributed by atoms with Gasteiger partial charge in [-0.1, -0.05) is 17.7 Å². The lowest BCUT2D eigenvalue weighted by Crippen LogP contribution is -2.03. The largest absolute Gasteiger partial charge is 0.294 e. The predicted molar refractivity (Wildman–Crippen MR) is 80.1 cm³/mol. The van der Waals surface area contributed by atoms with Gasteiger partial charge in [-0.05, 0) is 31.2 Å². The normalized spacial score (nSPS) is 11.2. The van der Waals surface area contributed by atoms with Crippen molar-refractivity contribution < 1.29 is 8.78 Å². The summed E-state index contributed by atoms with van der Waals surface area (Å²) in [5, 5.41) is 0. The number of fused-ring (bicyclic) bond motifs is 1. The second kappa shape index (κ2) is 5.45. The van der Waals surface area contributed by atoms with E-state index in [9.17, 15) is 8.78 Å². The number of hydrogen-bond acceptors (Lipinski definition) is 1. The molecule has 0 aliphatic carbocycles. The third kappa shape index (κ3) is 2.40. The van der Waals surface area contributed by atoms with Gasteiger partial charge in [0.25, 0.3) is 0 Å². The van der Waals surface area contributed by atoms with E-state index in [2.05, 4.69) is 4.98 Å². The molecule has 1 heterocycles. The molecule has 1 aromatic heterocycles. The summed E-state index contributed by atoms with van der Waals surface area (Å²) in [6.07, 6.45) is 0.477. The average molecular weight is 307 g/mol. The SMILES string of the molecule is Cc1ccc(-n2c(CCCl)nc3ccc(F)c(F)c32)cc1. The summed E-state index contributed by atoms with van der Waals surface area (Å²) in [7, 11) is 0. The molecule has 0 bridgehead atoms. The van der Waals surface area contributed by atoms with Crippen LogP contribution < -0.4 is 0 Å². The quantitative estimate of drug-likeness (QED) is 0.656. The summed E-state index contributed by atoms with van der Waals surface area (Å²) in [6, 6.07) is 10.1. The van der Waals surface area contributed by atoms with Crippen molar-refractivity contribution in [3.8, 4) is 5.69 Å². The van der Waals surface area contributed by atoms with Crippen molar-refractivity contribution in [2.45, 2.75) is 13.3 Å². The molecular formula is C16H13ClF2N2. The second-order valence-corrected chi connectivity index (χ2v) is 5.25. The Hall–Kier alpha value is -1.94. The Morgan fingerprint density at radius 3 is 2.48 bits per heavy atom. The van der Waals surface area contributed by atoms with E-state index in [-0.39, 0.29) is 5.52 Å². The Bertz CT molecular complexity index is 794. The highest BCUT2D eigenvalue weighted by Gasteiger charge is 2.18. The minimum atomic E-state index is -0.888. The summed E-state index contributed by atoms with van der Waals surface area (Å²) >= 11 is 5.80. The van der Waals surface area contributed by atoms with Crippen LogP contribution in [0, 0.1) is 18.6 Å². The number of alkyl halides is 1. The van der Waals surface area contributed by atoms with E-state index in [1.54, 1.807) is 4.57 Å². The van der Waals surface area contributed by atoms with Crippen LogP contribution in [0.25, 0.3) is 16.7 Å². The fourth-order valence-electron chi connectivity index (χ4n) is 2.37. The van der Waals surface area contributed by atoms with Crippen molar-refractivity contribution in [1.82, 2.24) is 9.55 Å². The Kier molecular flexibility index (Phi) is 3.64. The van der Waals surface area contributed by atoms with Crippen LogP contribution in [0.15, 0.2) is 36.4 Å². The van der Waals surface area contributed by atoms with Crippen molar-refractivity contribution in [1.29, 1.82) is 0 Å². The lowest BCUT2D eigenvalue weighted by molar-refractivity contribution is 0.514. The van der Waals surface area contributed by atoms with Crippen LogP contribution in [0.4, 0.5) is 8.78 Å². The van der Waals surface area contributed by atoms with Crippen molar-refractivity contribution in [3.63, 3.8) is 0 Å². The molecule has 0 saturated heterocycles. The van der Waals surface area contributed by atoms with Crippen LogP contribution in [-0.4, -0.2) is 15.4 Å². The van der Waals surface area contributed by atoms with E-state index >= 15 is 0 Å². The molecule has 108 valence electrons. The minimum Gasteiger partial charge on any atom is -0.294 e. The number of benzene rings is 2. The maximum absolute atomic E-state index is 14.2. The molecular weight excluding hydrogens is 294 g/mol. The van der Waals surface area contributed by atoms with Crippen LogP contribution in [0.5, 0.6) is 0 Å². The molecule has 2 nitrogen and oxygen atoms in total. The molecule has 0 spiro atoms. The first-order valence-corrected chi connectivity index (χ1v) is 7.13. The van der Waals surface area contributed by atoms with Crippen molar-refractivity contribution in [2.24, 2.45) is 0 Å². The molecule has 3 aromatic rings. The highest BCUT2D eigenvalue weighted by atomic mass is 35.5. The molecule has 0 radical (unpaired) electrons. The summed E-state index contributed by atoms with van der Waals surface area (Å²) in [4.78, 5) is 4.38. The molecule has 5 heteroatoms. The van der Waals surface area contributed by atoms with Gasteiger partial charge >= 0.3 is 0 Å². The van der Waals surface area contributed by atoms with Gasteiger partial charge in [-0.3, -0.25) is 4.57 Å². The zero-order valence-electron chi connectivity index (χ0n) is 11.4. The van der Waals surface area contributed by atoms with Crippen LogP contribution in [0.3, 0.4) is 0 Å². The van der Waals surface area contributed by atoms with E-state index in [1.807, 2.05) is 31.2 Å². The second-order valence-electron chi connectivity index (χ2n) is 4.87. The Labute approximate surface area is 126 Å². The number of aryl methyl sites for hydroxylation is 2. The van der Waals surface area contributed by atoms with E-state index in [4.69, 9.17) is 11.6 Å². The first-order chi connectivity index (χ1) is 10.1. The number of nitrogens with zero attached hydrogens (tertiary/aromatic N) is 2. The predicted octanol–water partition coefficient (Wildman–Crippen LogP) is 4.39. The van der Waals surface area contributed by atoms with Gasteiger partial charge in [0.2, 0.25) is 0 Å². The molecule has 0 saturated carbocycles. The van der Waals surface area contributed by atoms with Crippen molar-refractivity contribution >= 4 is 22.6 Å². The molecule has 0 fully saturated rings. The molecule has 0 N–H and O–H groups in total. The van der Waals surface area contributed by atoms with Crippen LogP contribution >= 0.6 is 11.6 Å². The summed E-state index contributed by atoms with van der Waals surface area (Å²) < 4.78 is 29.4. The Morgan fingerprint density at radius 1 is 1.10 bits per heavy atom. The fourth-order valence-corrected chi connectivity index (χ4v) is 2.54. The third-order valence-corrected chi connectivity index (χ3v) is 3.58. The lowest BCUT2D eigenvalue weighted by Gasteiger charge is -2.09. The van der Waals surface area contributed by atoms with Gasteiger partial charge in [-0.15, -0.1) is 11.6 Å². The molecule has 0 amide bonds. The van der Waals surface area contributed by atoms with Gasteiger partial charge in [0.05, 0.1) is 5.52 Å². The van der Waals surface area contributed by atoms with E-state index < -0.39 is 11.6 Å². The molecule has 0 atom stereocenters. The number of aromatic nitrogens is 2. The average Bonchev–Trinajstić information content (AvgIpc) is 2.83. The number of imidazole rings is 1. The van der Waals surface area contributed by atoms with Crippen molar-refractivity contribution in [3.05, 3.63) is 59.4 Å². The zero-order chi connectivity index (χ0) is 15.0. The smallest absolute Gasteiger partial charge is 0.185 e. The van der Waals surface area contributed by atoms with Crippen LogP contribution in [-0.2, 0) is 6.42 Å². The van der Waals surface area contributed by atoms with Gasteiger partial charge < -0.3 is 0 Å². The molecule has 2 aromatic carbocycles. The number of rotatable bonds is 3. The standard InChI is InChI=1S/C16H13ClF2N2/c1-10-2-4-11(5-3-10)21-14(8-9-17)20-13-7-6-12(18)15(19)16(13)21/h2-7H,8-9H2,1H3. The summed E-state index contributed by atoms with van der Waals surface area (Å²) in [6.45, 7) is 1.97. The van der Waals surface area contributed by atoms with Gasteiger partial charge in [0, 0.05) is 18.0 Å². The molecule has 0 aliphatic heterocycles. The molecule has 0 aliphatic rings. The van der Waals surface area contributed by atoms with Gasteiger partial charge in [0.1, 0.15) is 11.3 Å². The fraction of sp³-hybridized carbons (Fsp3) is 0.188. The Balaban J connectivity index is 2.34. The summed E-state index contributed by atoms with van der Waals surface area (Å²) in [5.74, 6) is -0.790. The first kappa shape index (κ1) is 14.0. The van der Waals surface area contributed by atoms with Gasteiger partial charge in [-0.2, -0.15) is 0 Å². The first-order valence-electron chi connectivity index (χ1n) is 6.60. The van der Waals surface area contributed by atoms with Gasteiger partial charge in [0.15, 0.2) is 11.6 Å². The maximum Gasteiger partial charge on any atom is 0.185 e. The lowest BCUT2D eigenvalue weighted by atomic mass is 10.2. The van der Waals surface area contributed by atoms with Crippen molar-refractivity contribution in [2.75, 3.05) is 5.88 Å². The topological polar surface area (TPSA) is 17.8 Å². The highest BCUT2D eigenvalue weighted by molar-refractivity contribution is 6.17. The third-order valence-electron chi connectivity index (χ3n) is 3.39. The van der Waals surface area contributed by atoms with E-state index in [0.717, 1.165) is 17.3 Å². The number of halogens is 3. The van der Waals surface area contributed by atoms with Gasteiger partial charge in [-0.25, -0.2) is 13.8 Å². The highest BCUT2D eigenvalue weighted by Crippen LogP contribution is 2.26. The Morgan fingerprint density at radius 2 is 1.81 bits per heavy atom. The monoisotopic (exact) mass is 306 g/mol. The van der Waals surface area contributed by atoms with E-state index in [1.165, 1.54) is 6.07 Å².